The summed E-state index contributed by atoms with van der Waals surface area (Å²) in [5.74, 6) is -0.628. The fourth-order valence-corrected chi connectivity index (χ4v) is 2.19. The molecule has 5 heteroatoms. The number of nitro groups is 1. The number of hydrogen-bond acceptors (Lipinski definition) is 4. The van der Waals surface area contributed by atoms with Crippen LogP contribution in [-0.4, -0.2) is 11.1 Å². The van der Waals surface area contributed by atoms with Gasteiger partial charge in [0.05, 0.1) is 10.6 Å². The normalized spacial score (nSPS) is 11.1. The van der Waals surface area contributed by atoms with E-state index in [2.05, 4.69) is 4.99 Å². The Hall–Kier alpha value is -3.21. The molecular formula is C17H11N2O3-. The second-order valence-electron chi connectivity index (χ2n) is 4.74. The Bertz CT molecular complexity index is 888. The molecule has 0 aliphatic heterocycles. The molecule has 0 saturated heterocycles. The zero-order valence-corrected chi connectivity index (χ0v) is 11.5. The average molecular weight is 291 g/mol. The van der Waals surface area contributed by atoms with Crippen LogP contribution in [-0.2, 0) is 0 Å². The van der Waals surface area contributed by atoms with Crippen molar-refractivity contribution >= 4 is 28.4 Å². The van der Waals surface area contributed by atoms with E-state index in [0.29, 0.717) is 5.69 Å². The Kier molecular flexibility index (Phi) is 3.53. The van der Waals surface area contributed by atoms with Gasteiger partial charge in [-0.15, -0.1) is 0 Å². The molecule has 0 fully saturated rings. The number of para-hydroxylation sites is 1. The predicted molar refractivity (Wildman–Crippen MR) is 83.7 cm³/mol. The Labute approximate surface area is 126 Å². The number of aliphatic imine (C=N–C) groups is 1. The topological polar surface area (TPSA) is 78.6 Å². The summed E-state index contributed by atoms with van der Waals surface area (Å²) < 4.78 is 0. The van der Waals surface area contributed by atoms with E-state index in [1.165, 1.54) is 24.4 Å². The number of fused-ring (bicyclic) bond motifs is 1. The first-order valence-corrected chi connectivity index (χ1v) is 6.62. The van der Waals surface area contributed by atoms with Gasteiger partial charge in [0, 0.05) is 12.3 Å². The fourth-order valence-electron chi connectivity index (χ4n) is 2.19. The van der Waals surface area contributed by atoms with Crippen molar-refractivity contribution < 1.29 is 10.0 Å². The molecule has 0 N–H and O–H groups in total. The molecule has 22 heavy (non-hydrogen) atoms. The van der Waals surface area contributed by atoms with Crippen LogP contribution >= 0.6 is 0 Å². The molecule has 108 valence electrons. The first-order chi connectivity index (χ1) is 10.6. The number of rotatable bonds is 3. The average Bonchev–Trinajstić information content (AvgIpc) is 2.53. The molecule has 0 aliphatic rings. The minimum absolute atomic E-state index is 0.197. The van der Waals surface area contributed by atoms with Crippen LogP contribution in [0.25, 0.3) is 10.8 Å². The van der Waals surface area contributed by atoms with E-state index in [4.69, 9.17) is 0 Å². The van der Waals surface area contributed by atoms with Gasteiger partial charge in [0.25, 0.3) is 5.69 Å². The summed E-state index contributed by atoms with van der Waals surface area (Å²) in [4.78, 5) is 14.3. The van der Waals surface area contributed by atoms with E-state index in [0.717, 1.165) is 10.8 Å². The standard InChI is InChI=1S/C17H12N2O3/c20-17-14(6-3-7-16(17)19(21)22)11-18-15-9-8-12-4-1-2-5-13(12)10-15/h1-11,20H/p-1. The molecule has 0 heterocycles. The maximum absolute atomic E-state index is 11.9. The van der Waals surface area contributed by atoms with Gasteiger partial charge in [-0.05, 0) is 34.2 Å². The summed E-state index contributed by atoms with van der Waals surface area (Å²) in [6.45, 7) is 0. The molecule has 0 amide bonds. The van der Waals surface area contributed by atoms with Crippen LogP contribution in [0, 0.1) is 10.1 Å². The third kappa shape index (κ3) is 2.64. The van der Waals surface area contributed by atoms with Gasteiger partial charge in [-0.2, -0.15) is 0 Å². The minimum atomic E-state index is -0.685. The van der Waals surface area contributed by atoms with Crippen LogP contribution < -0.4 is 5.11 Å². The third-order valence-corrected chi connectivity index (χ3v) is 3.31. The van der Waals surface area contributed by atoms with Crippen molar-refractivity contribution in [1.29, 1.82) is 0 Å². The lowest BCUT2D eigenvalue weighted by Crippen LogP contribution is -2.01. The summed E-state index contributed by atoms with van der Waals surface area (Å²) in [5, 5.41) is 24.8. The smallest absolute Gasteiger partial charge is 0.262 e. The van der Waals surface area contributed by atoms with Crippen LogP contribution in [0.1, 0.15) is 5.56 Å². The molecule has 0 saturated carbocycles. The summed E-state index contributed by atoms with van der Waals surface area (Å²) in [6, 6.07) is 17.7. The number of nitro benzene ring substituents is 1. The second kappa shape index (κ2) is 5.65. The molecule has 3 rings (SSSR count). The Balaban J connectivity index is 1.96. The van der Waals surface area contributed by atoms with Crippen molar-refractivity contribution in [3.8, 4) is 5.75 Å². The minimum Gasteiger partial charge on any atom is -0.867 e. The molecule has 0 aliphatic carbocycles. The Morgan fingerprint density at radius 2 is 1.73 bits per heavy atom. The Morgan fingerprint density at radius 1 is 0.955 bits per heavy atom. The lowest BCUT2D eigenvalue weighted by molar-refractivity contribution is -0.398. The third-order valence-electron chi connectivity index (χ3n) is 3.31. The predicted octanol–water partition coefficient (Wildman–Crippen LogP) is 3.57. The zero-order chi connectivity index (χ0) is 15.5. The van der Waals surface area contributed by atoms with E-state index >= 15 is 0 Å². The van der Waals surface area contributed by atoms with E-state index in [-0.39, 0.29) is 5.56 Å². The highest BCUT2D eigenvalue weighted by molar-refractivity contribution is 5.89. The van der Waals surface area contributed by atoms with Gasteiger partial charge in [-0.3, -0.25) is 15.1 Å². The maximum atomic E-state index is 11.9. The number of hydrogen-bond donors (Lipinski definition) is 0. The molecule has 0 bridgehead atoms. The van der Waals surface area contributed by atoms with Gasteiger partial charge >= 0.3 is 0 Å². The van der Waals surface area contributed by atoms with E-state index in [9.17, 15) is 15.2 Å². The summed E-state index contributed by atoms with van der Waals surface area (Å²) >= 11 is 0. The summed E-state index contributed by atoms with van der Waals surface area (Å²) in [6.07, 6.45) is 1.36. The first-order valence-electron chi connectivity index (χ1n) is 6.62. The van der Waals surface area contributed by atoms with Gasteiger partial charge in [0.2, 0.25) is 0 Å². The molecule has 0 atom stereocenters. The van der Waals surface area contributed by atoms with E-state index < -0.39 is 16.4 Å². The highest BCUT2D eigenvalue weighted by Crippen LogP contribution is 2.26. The van der Waals surface area contributed by atoms with Crippen LogP contribution in [0.2, 0.25) is 0 Å². The van der Waals surface area contributed by atoms with Gasteiger partial charge in [-0.1, -0.05) is 42.5 Å². The van der Waals surface area contributed by atoms with Gasteiger partial charge in [0.15, 0.2) is 0 Å². The van der Waals surface area contributed by atoms with E-state index in [1.54, 1.807) is 0 Å². The van der Waals surface area contributed by atoms with Crippen molar-refractivity contribution in [2.24, 2.45) is 4.99 Å². The van der Waals surface area contributed by atoms with Gasteiger partial charge in [0.1, 0.15) is 0 Å². The molecule has 0 spiro atoms. The highest BCUT2D eigenvalue weighted by Gasteiger charge is 2.07. The van der Waals surface area contributed by atoms with Crippen LogP contribution in [0.3, 0.4) is 0 Å². The molecule has 0 aromatic heterocycles. The Morgan fingerprint density at radius 3 is 2.50 bits per heavy atom. The molecular weight excluding hydrogens is 280 g/mol. The maximum Gasteiger partial charge on any atom is 0.262 e. The largest absolute Gasteiger partial charge is 0.867 e. The second-order valence-corrected chi connectivity index (χ2v) is 4.74. The van der Waals surface area contributed by atoms with Gasteiger partial charge in [-0.25, -0.2) is 0 Å². The van der Waals surface area contributed by atoms with Crippen molar-refractivity contribution in [3.05, 3.63) is 76.3 Å². The molecule has 3 aromatic carbocycles. The van der Waals surface area contributed by atoms with Crippen molar-refractivity contribution in [2.45, 2.75) is 0 Å². The number of benzene rings is 3. The van der Waals surface area contributed by atoms with Gasteiger partial charge < -0.3 is 5.11 Å². The van der Waals surface area contributed by atoms with Crippen molar-refractivity contribution in [1.82, 2.24) is 0 Å². The number of nitrogens with zero attached hydrogens (tertiary/aromatic N) is 2. The highest BCUT2D eigenvalue weighted by atomic mass is 16.6. The van der Waals surface area contributed by atoms with Crippen molar-refractivity contribution in [2.75, 3.05) is 0 Å². The molecule has 3 aromatic rings. The summed E-state index contributed by atoms with van der Waals surface area (Å²) in [7, 11) is 0. The van der Waals surface area contributed by atoms with Crippen LogP contribution in [0.15, 0.2) is 65.7 Å². The summed E-state index contributed by atoms with van der Waals surface area (Å²) in [5.41, 5.74) is 0.439. The van der Waals surface area contributed by atoms with Crippen molar-refractivity contribution in [3.63, 3.8) is 0 Å². The fraction of sp³-hybridized carbons (Fsp3) is 0. The van der Waals surface area contributed by atoms with E-state index in [1.807, 2.05) is 42.5 Å². The zero-order valence-electron chi connectivity index (χ0n) is 11.5. The van der Waals surface area contributed by atoms with Crippen LogP contribution in [0.4, 0.5) is 11.4 Å². The first kappa shape index (κ1) is 13.8. The lowest BCUT2D eigenvalue weighted by atomic mass is 10.1. The molecule has 0 unspecified atom stereocenters. The lowest BCUT2D eigenvalue weighted by Gasteiger charge is -2.09. The monoisotopic (exact) mass is 291 g/mol. The SMILES string of the molecule is O=[N+]([O-])c1cccc(C=Nc2ccc3ccccc3c2)c1[O-]. The molecule has 0 radical (unpaired) electrons. The molecule has 5 nitrogen and oxygen atoms in total. The quantitative estimate of drug-likeness (QED) is 0.420. The van der Waals surface area contributed by atoms with Crippen LogP contribution in [0.5, 0.6) is 5.75 Å².